The molecule has 19 heavy (non-hydrogen) atoms. The number of pyridine rings is 1. The molecule has 2 aromatic rings. The summed E-state index contributed by atoms with van der Waals surface area (Å²) in [5, 5.41) is 8.93. The standard InChI is InChI=1S/C14H17N3O2/c18-14(19)8-12-4-3-7-16(12)9-11-10-17-6-2-1-5-13(17)15-11/h1-2,5-6,10,12H,3-4,7-9H2,(H,18,19). The van der Waals surface area contributed by atoms with Gasteiger partial charge in [0.1, 0.15) is 5.65 Å². The average molecular weight is 259 g/mol. The molecule has 1 saturated heterocycles. The Morgan fingerprint density at radius 2 is 2.37 bits per heavy atom. The molecule has 0 aromatic carbocycles. The first-order valence-electron chi connectivity index (χ1n) is 6.61. The fraction of sp³-hybridized carbons (Fsp3) is 0.429. The highest BCUT2D eigenvalue weighted by Gasteiger charge is 2.26. The first kappa shape index (κ1) is 12.2. The molecule has 5 nitrogen and oxygen atoms in total. The Balaban J connectivity index is 1.74. The topological polar surface area (TPSA) is 57.8 Å². The number of carboxylic acid groups (broad SMARTS) is 1. The number of rotatable bonds is 4. The summed E-state index contributed by atoms with van der Waals surface area (Å²) in [6.07, 6.45) is 6.27. The van der Waals surface area contributed by atoms with E-state index < -0.39 is 5.97 Å². The maximum Gasteiger partial charge on any atom is 0.304 e. The molecule has 2 aromatic heterocycles. The second-order valence-electron chi connectivity index (χ2n) is 5.06. The number of aromatic nitrogens is 2. The molecule has 1 unspecified atom stereocenters. The van der Waals surface area contributed by atoms with Crippen LogP contribution in [0.15, 0.2) is 30.6 Å². The van der Waals surface area contributed by atoms with E-state index in [1.807, 2.05) is 35.0 Å². The van der Waals surface area contributed by atoms with Crippen LogP contribution in [0.25, 0.3) is 5.65 Å². The third kappa shape index (κ3) is 2.61. The number of carboxylic acids is 1. The van der Waals surface area contributed by atoms with Crippen LogP contribution in [-0.2, 0) is 11.3 Å². The maximum atomic E-state index is 10.8. The minimum atomic E-state index is -0.716. The van der Waals surface area contributed by atoms with Crippen LogP contribution in [0.1, 0.15) is 25.0 Å². The van der Waals surface area contributed by atoms with Gasteiger partial charge in [-0.3, -0.25) is 9.69 Å². The lowest BCUT2D eigenvalue weighted by atomic mass is 10.1. The summed E-state index contributed by atoms with van der Waals surface area (Å²) >= 11 is 0. The molecule has 0 aliphatic carbocycles. The number of hydrogen-bond donors (Lipinski definition) is 1. The number of hydrogen-bond acceptors (Lipinski definition) is 3. The molecule has 0 saturated carbocycles. The van der Waals surface area contributed by atoms with Gasteiger partial charge >= 0.3 is 5.97 Å². The lowest BCUT2D eigenvalue weighted by Gasteiger charge is -2.21. The summed E-state index contributed by atoms with van der Waals surface area (Å²) in [6, 6.07) is 6.07. The Hall–Kier alpha value is -1.88. The van der Waals surface area contributed by atoms with Crippen LogP contribution in [0, 0.1) is 0 Å². The molecule has 0 spiro atoms. The molecule has 1 atom stereocenters. The number of imidazole rings is 1. The van der Waals surface area contributed by atoms with Crippen molar-refractivity contribution >= 4 is 11.6 Å². The van der Waals surface area contributed by atoms with Crippen LogP contribution in [0.3, 0.4) is 0 Å². The van der Waals surface area contributed by atoms with Gasteiger partial charge < -0.3 is 9.51 Å². The number of likely N-dealkylation sites (tertiary alicyclic amines) is 1. The van der Waals surface area contributed by atoms with Gasteiger partial charge in [0.15, 0.2) is 0 Å². The van der Waals surface area contributed by atoms with E-state index in [0.29, 0.717) is 0 Å². The van der Waals surface area contributed by atoms with Crippen LogP contribution >= 0.6 is 0 Å². The SMILES string of the molecule is O=C(O)CC1CCCN1Cc1cn2ccccc2n1. The molecule has 1 fully saturated rings. The smallest absolute Gasteiger partial charge is 0.304 e. The van der Waals surface area contributed by atoms with E-state index in [9.17, 15) is 4.79 Å². The zero-order valence-electron chi connectivity index (χ0n) is 10.7. The predicted molar refractivity (Wildman–Crippen MR) is 70.9 cm³/mol. The lowest BCUT2D eigenvalue weighted by molar-refractivity contribution is -0.138. The van der Waals surface area contributed by atoms with Crippen molar-refractivity contribution < 1.29 is 9.90 Å². The van der Waals surface area contributed by atoms with E-state index in [2.05, 4.69) is 9.88 Å². The van der Waals surface area contributed by atoms with E-state index in [-0.39, 0.29) is 12.5 Å². The summed E-state index contributed by atoms with van der Waals surface area (Å²) in [7, 11) is 0. The number of nitrogens with zero attached hydrogens (tertiary/aromatic N) is 3. The third-order valence-corrected chi connectivity index (χ3v) is 3.69. The Morgan fingerprint density at radius 3 is 3.16 bits per heavy atom. The van der Waals surface area contributed by atoms with E-state index in [1.165, 1.54) is 0 Å². The highest BCUT2D eigenvalue weighted by molar-refractivity contribution is 5.67. The van der Waals surface area contributed by atoms with Crippen molar-refractivity contribution in [1.82, 2.24) is 14.3 Å². The highest BCUT2D eigenvalue weighted by Crippen LogP contribution is 2.22. The molecule has 1 aliphatic rings. The van der Waals surface area contributed by atoms with Crippen molar-refractivity contribution in [1.29, 1.82) is 0 Å². The summed E-state index contributed by atoms with van der Waals surface area (Å²) in [5.74, 6) is -0.716. The van der Waals surface area contributed by atoms with Gasteiger partial charge in [-0.15, -0.1) is 0 Å². The van der Waals surface area contributed by atoms with Crippen molar-refractivity contribution in [3.05, 3.63) is 36.3 Å². The molecule has 1 N–H and O–H groups in total. The van der Waals surface area contributed by atoms with Gasteiger partial charge in [0.25, 0.3) is 0 Å². The van der Waals surface area contributed by atoms with Crippen LogP contribution in [-0.4, -0.2) is 37.9 Å². The molecule has 1 aliphatic heterocycles. The van der Waals surface area contributed by atoms with E-state index in [4.69, 9.17) is 5.11 Å². The molecule has 100 valence electrons. The van der Waals surface area contributed by atoms with Crippen LogP contribution in [0.5, 0.6) is 0 Å². The summed E-state index contributed by atoms with van der Waals surface area (Å²) in [4.78, 5) is 17.6. The Kier molecular flexibility index (Phi) is 3.21. The zero-order chi connectivity index (χ0) is 13.2. The predicted octanol–water partition coefficient (Wildman–Crippen LogP) is 1.77. The highest BCUT2D eigenvalue weighted by atomic mass is 16.4. The van der Waals surface area contributed by atoms with E-state index >= 15 is 0 Å². The number of aliphatic carboxylic acids is 1. The monoisotopic (exact) mass is 259 g/mol. The van der Waals surface area contributed by atoms with Crippen molar-refractivity contribution in [3.63, 3.8) is 0 Å². The first-order chi connectivity index (χ1) is 9.22. The number of fused-ring (bicyclic) bond motifs is 1. The van der Waals surface area contributed by atoms with E-state index in [0.717, 1.165) is 37.3 Å². The minimum Gasteiger partial charge on any atom is -0.481 e. The summed E-state index contributed by atoms with van der Waals surface area (Å²) < 4.78 is 2.00. The fourth-order valence-electron chi connectivity index (χ4n) is 2.81. The molecule has 3 heterocycles. The normalized spacial score (nSPS) is 20.1. The Morgan fingerprint density at radius 1 is 1.47 bits per heavy atom. The molecule has 0 amide bonds. The zero-order valence-corrected chi connectivity index (χ0v) is 10.7. The lowest BCUT2D eigenvalue weighted by Crippen LogP contribution is -2.30. The quantitative estimate of drug-likeness (QED) is 0.909. The van der Waals surface area contributed by atoms with Gasteiger partial charge in [-0.2, -0.15) is 0 Å². The fourth-order valence-corrected chi connectivity index (χ4v) is 2.81. The van der Waals surface area contributed by atoms with Gasteiger partial charge in [0.2, 0.25) is 0 Å². The molecule has 5 heteroatoms. The Labute approximate surface area is 111 Å². The summed E-state index contributed by atoms with van der Waals surface area (Å²) in [6.45, 7) is 1.70. The maximum absolute atomic E-state index is 10.8. The Bertz CT molecular complexity index is 560. The largest absolute Gasteiger partial charge is 0.481 e. The van der Waals surface area contributed by atoms with Gasteiger partial charge in [-0.1, -0.05) is 6.07 Å². The molecule has 0 bridgehead atoms. The van der Waals surface area contributed by atoms with Gasteiger partial charge in [-0.25, -0.2) is 4.98 Å². The van der Waals surface area contributed by atoms with Crippen LogP contribution in [0.4, 0.5) is 0 Å². The van der Waals surface area contributed by atoms with Crippen LogP contribution < -0.4 is 0 Å². The molecular weight excluding hydrogens is 242 g/mol. The summed E-state index contributed by atoms with van der Waals surface area (Å²) in [5.41, 5.74) is 1.94. The van der Waals surface area contributed by atoms with Gasteiger partial charge in [0.05, 0.1) is 12.1 Å². The number of carbonyl (C=O) groups is 1. The molecule has 3 rings (SSSR count). The third-order valence-electron chi connectivity index (χ3n) is 3.69. The molecular formula is C14H17N3O2. The van der Waals surface area contributed by atoms with Crippen LogP contribution in [0.2, 0.25) is 0 Å². The second kappa shape index (κ2) is 5.01. The minimum absolute atomic E-state index is 0.155. The van der Waals surface area contributed by atoms with Crippen molar-refractivity contribution in [2.24, 2.45) is 0 Å². The first-order valence-corrected chi connectivity index (χ1v) is 6.61. The van der Waals surface area contributed by atoms with Crippen molar-refractivity contribution in [2.45, 2.75) is 31.8 Å². The molecule has 0 radical (unpaired) electrons. The van der Waals surface area contributed by atoms with Gasteiger partial charge in [0, 0.05) is 25.0 Å². The van der Waals surface area contributed by atoms with Crippen molar-refractivity contribution in [2.75, 3.05) is 6.54 Å². The second-order valence-corrected chi connectivity index (χ2v) is 5.06. The average Bonchev–Trinajstić information content (AvgIpc) is 2.95. The van der Waals surface area contributed by atoms with Gasteiger partial charge in [-0.05, 0) is 31.5 Å². The van der Waals surface area contributed by atoms with E-state index in [1.54, 1.807) is 0 Å². The van der Waals surface area contributed by atoms with Crippen molar-refractivity contribution in [3.8, 4) is 0 Å².